The molecule has 6 rings (SSSR count). The molecule has 6 heteroatoms. The van der Waals surface area contributed by atoms with Gasteiger partial charge in [-0.3, -0.25) is 0 Å². The Morgan fingerprint density at radius 1 is 1.08 bits per heavy atom. The van der Waals surface area contributed by atoms with Gasteiger partial charge in [-0.2, -0.15) is 0 Å². The number of fused-ring (bicyclic) bond motifs is 6. The van der Waals surface area contributed by atoms with Gasteiger partial charge in [0, 0.05) is 17.9 Å². The van der Waals surface area contributed by atoms with E-state index in [1.807, 2.05) is 0 Å². The maximum atomic E-state index is 12.0. The van der Waals surface area contributed by atoms with E-state index < -0.39 is 10.0 Å². The second kappa shape index (κ2) is 8.53. The SMILES string of the molecule is CC1=C2C[C@H]3[C@@H](CC[C@]4(C)C[C@H](NS(C)(=O)=O)CC[C@]34C)[C@@H]2CC[C@@]2(C1)O[C@@H]1C[C@H](C)C[NH2+][C@H]1[C@H]2C. The van der Waals surface area contributed by atoms with E-state index in [0.29, 0.717) is 23.5 Å². The Labute approximate surface area is 220 Å². The molecule has 2 saturated heterocycles. The molecule has 5 nitrogen and oxygen atoms in total. The number of allylic oxidation sites excluding steroid dienone is 1. The summed E-state index contributed by atoms with van der Waals surface area (Å²) in [6.07, 6.45) is 13.6. The Hall–Kier alpha value is -0.430. The van der Waals surface area contributed by atoms with E-state index in [0.717, 1.165) is 49.4 Å². The topological polar surface area (TPSA) is 72.0 Å². The van der Waals surface area contributed by atoms with E-state index in [1.165, 1.54) is 51.3 Å². The summed E-state index contributed by atoms with van der Waals surface area (Å²) < 4.78 is 34.0. The van der Waals surface area contributed by atoms with Crippen LogP contribution < -0.4 is 10.0 Å². The third kappa shape index (κ3) is 3.90. The lowest BCUT2D eigenvalue weighted by Crippen LogP contribution is -2.96. The maximum absolute atomic E-state index is 12.0. The van der Waals surface area contributed by atoms with Crippen LogP contribution in [0.3, 0.4) is 0 Å². The molecule has 2 aliphatic heterocycles. The van der Waals surface area contributed by atoms with E-state index in [9.17, 15) is 8.42 Å². The second-order valence-electron chi connectivity index (χ2n) is 14.8. The predicted molar refractivity (Wildman–Crippen MR) is 144 cm³/mol. The van der Waals surface area contributed by atoms with Crippen LogP contribution in [0.4, 0.5) is 0 Å². The molecule has 36 heavy (non-hydrogen) atoms. The van der Waals surface area contributed by atoms with Crippen molar-refractivity contribution in [3.8, 4) is 0 Å². The average molecular weight is 520 g/mol. The highest BCUT2D eigenvalue weighted by atomic mass is 32.2. The van der Waals surface area contributed by atoms with Crippen LogP contribution in [-0.4, -0.2) is 45.0 Å². The molecule has 3 N–H and O–H groups in total. The monoisotopic (exact) mass is 519 g/mol. The highest BCUT2D eigenvalue weighted by molar-refractivity contribution is 7.88. The van der Waals surface area contributed by atoms with Gasteiger partial charge in [0.15, 0.2) is 0 Å². The van der Waals surface area contributed by atoms with Gasteiger partial charge < -0.3 is 10.1 Å². The van der Waals surface area contributed by atoms with Crippen LogP contribution in [0.25, 0.3) is 0 Å². The van der Waals surface area contributed by atoms with Crippen molar-refractivity contribution in [3.05, 3.63) is 11.1 Å². The highest BCUT2D eigenvalue weighted by Crippen LogP contribution is 2.69. The Balaban J connectivity index is 1.24. The van der Waals surface area contributed by atoms with Crippen LogP contribution in [0, 0.1) is 40.4 Å². The first kappa shape index (κ1) is 25.8. The van der Waals surface area contributed by atoms with Crippen molar-refractivity contribution in [2.45, 2.75) is 123 Å². The van der Waals surface area contributed by atoms with Crippen molar-refractivity contribution in [1.29, 1.82) is 0 Å². The van der Waals surface area contributed by atoms with Crippen LogP contribution in [0.15, 0.2) is 11.1 Å². The van der Waals surface area contributed by atoms with Gasteiger partial charge in [0.2, 0.25) is 10.0 Å². The molecule has 4 aliphatic carbocycles. The number of piperidine rings is 1. The molecule has 0 aromatic carbocycles. The summed E-state index contributed by atoms with van der Waals surface area (Å²) in [5, 5.41) is 2.61. The van der Waals surface area contributed by atoms with Crippen LogP contribution >= 0.6 is 0 Å². The molecule has 0 amide bonds. The Kier molecular flexibility index (Phi) is 6.12. The van der Waals surface area contributed by atoms with Crippen LogP contribution in [0.1, 0.15) is 98.8 Å². The number of ether oxygens (including phenoxy) is 1. The summed E-state index contributed by atoms with van der Waals surface area (Å²) in [5.41, 5.74) is 4.03. The third-order valence-electron chi connectivity index (χ3n) is 12.9. The highest BCUT2D eigenvalue weighted by Gasteiger charge is 2.63. The first-order valence-corrected chi connectivity index (χ1v) is 16.9. The van der Waals surface area contributed by atoms with Gasteiger partial charge in [-0.1, -0.05) is 38.8 Å². The fourth-order valence-corrected chi connectivity index (χ4v) is 11.6. The van der Waals surface area contributed by atoms with Gasteiger partial charge in [-0.15, -0.1) is 0 Å². The van der Waals surface area contributed by atoms with E-state index in [-0.39, 0.29) is 17.1 Å². The van der Waals surface area contributed by atoms with Crippen LogP contribution in [0.5, 0.6) is 0 Å². The van der Waals surface area contributed by atoms with E-state index in [1.54, 1.807) is 11.1 Å². The zero-order valence-electron chi connectivity index (χ0n) is 23.6. The summed E-state index contributed by atoms with van der Waals surface area (Å²) in [7, 11) is -3.15. The van der Waals surface area contributed by atoms with Crippen molar-refractivity contribution in [2.75, 3.05) is 12.8 Å². The summed E-state index contributed by atoms with van der Waals surface area (Å²) in [6, 6.07) is 0.751. The number of quaternary nitrogens is 1. The molecule has 0 aromatic rings. The molecule has 5 fully saturated rings. The van der Waals surface area contributed by atoms with Crippen molar-refractivity contribution < 1.29 is 18.5 Å². The van der Waals surface area contributed by atoms with Crippen molar-refractivity contribution >= 4 is 10.0 Å². The predicted octanol–water partition coefficient (Wildman–Crippen LogP) is 4.39. The number of nitrogens with two attached hydrogens (primary N) is 1. The van der Waals surface area contributed by atoms with E-state index >= 15 is 0 Å². The number of sulfonamides is 1. The molecule has 2 heterocycles. The molecule has 0 unspecified atom stereocenters. The zero-order valence-corrected chi connectivity index (χ0v) is 24.4. The molecule has 11 atom stereocenters. The third-order valence-corrected chi connectivity index (χ3v) is 13.7. The number of hydrogen-bond acceptors (Lipinski definition) is 3. The first-order valence-electron chi connectivity index (χ1n) is 15.0. The maximum Gasteiger partial charge on any atom is 0.208 e. The lowest BCUT2D eigenvalue weighted by Gasteiger charge is -2.60. The molecule has 0 bridgehead atoms. The fraction of sp³-hybridized carbons (Fsp3) is 0.933. The van der Waals surface area contributed by atoms with Gasteiger partial charge >= 0.3 is 0 Å². The largest absolute Gasteiger partial charge is 0.365 e. The molecule has 204 valence electrons. The number of hydrogen-bond donors (Lipinski definition) is 2. The smallest absolute Gasteiger partial charge is 0.208 e. The molecule has 0 radical (unpaired) electrons. The minimum absolute atomic E-state index is 0.0509. The zero-order chi connectivity index (χ0) is 25.7. The number of rotatable bonds is 2. The molecule has 1 spiro atoms. The Morgan fingerprint density at radius 3 is 2.61 bits per heavy atom. The second-order valence-corrected chi connectivity index (χ2v) is 16.6. The standard InChI is InChI=1S/C30H50N2O3S/c1-18-13-26-27(31-17-18)20(3)30(35-26)12-9-22-23-8-10-28(4)16-21(32-36(6,33)34)7-11-29(28,5)25(23)14-24(22)19(2)15-30/h18,20-23,25-27,31-32H,7-17H2,1-6H3/p+1/t18-,20+,21+,22-,23-,25-,26+,27-,28+,29+,30-/m0/s1. The van der Waals surface area contributed by atoms with Crippen LogP contribution in [-0.2, 0) is 14.8 Å². The molecule has 0 aromatic heterocycles. The molecule has 3 saturated carbocycles. The van der Waals surface area contributed by atoms with Gasteiger partial charge in [-0.05, 0) is 99.7 Å². The van der Waals surface area contributed by atoms with Gasteiger partial charge in [0.1, 0.15) is 12.1 Å². The molecular formula is C30H51N2O3S+. The lowest BCUT2D eigenvalue weighted by molar-refractivity contribution is -0.710. The minimum atomic E-state index is -3.15. The molecular weight excluding hydrogens is 468 g/mol. The Morgan fingerprint density at radius 2 is 1.86 bits per heavy atom. The number of nitrogens with one attached hydrogen (secondary N) is 1. The van der Waals surface area contributed by atoms with Gasteiger partial charge in [0.05, 0.1) is 18.4 Å². The normalized spacial score (nSPS) is 52.9. The van der Waals surface area contributed by atoms with Gasteiger partial charge in [0.25, 0.3) is 0 Å². The Bertz CT molecular complexity index is 1040. The molecule has 6 aliphatic rings. The first-order chi connectivity index (χ1) is 16.8. The summed E-state index contributed by atoms with van der Waals surface area (Å²) in [5.74, 6) is 3.68. The minimum Gasteiger partial charge on any atom is -0.365 e. The van der Waals surface area contributed by atoms with E-state index in [4.69, 9.17) is 4.74 Å². The van der Waals surface area contributed by atoms with Crippen LogP contribution in [0.2, 0.25) is 0 Å². The van der Waals surface area contributed by atoms with Crippen molar-refractivity contribution in [3.63, 3.8) is 0 Å². The van der Waals surface area contributed by atoms with Crippen molar-refractivity contribution in [2.24, 2.45) is 40.4 Å². The van der Waals surface area contributed by atoms with E-state index in [2.05, 4.69) is 44.7 Å². The lowest BCUT2D eigenvalue weighted by atomic mass is 9.45. The summed E-state index contributed by atoms with van der Waals surface area (Å²) in [6.45, 7) is 13.7. The fourth-order valence-electron chi connectivity index (χ4n) is 10.8. The van der Waals surface area contributed by atoms with Crippen molar-refractivity contribution in [1.82, 2.24) is 4.72 Å². The summed E-state index contributed by atoms with van der Waals surface area (Å²) >= 11 is 0. The average Bonchev–Trinajstić information content (AvgIpc) is 3.23. The van der Waals surface area contributed by atoms with Gasteiger partial charge in [-0.25, -0.2) is 13.1 Å². The summed E-state index contributed by atoms with van der Waals surface area (Å²) in [4.78, 5) is 0. The quantitative estimate of drug-likeness (QED) is 0.532.